The highest BCUT2D eigenvalue weighted by molar-refractivity contribution is 6.18. The summed E-state index contributed by atoms with van der Waals surface area (Å²) in [5.74, 6) is -0.898. The molecule has 1 saturated carbocycles. The molecule has 0 aromatic rings. The van der Waals surface area contributed by atoms with Crippen LogP contribution in [0.4, 0.5) is 4.79 Å². The maximum atomic E-state index is 14.0. The molecule has 0 amide bonds. The molecule has 1 rings (SSSR count). The molecule has 1 aliphatic rings. The molecule has 1 atom stereocenters. The molecule has 1 fully saturated rings. The third kappa shape index (κ3) is 22.5. The van der Waals surface area contributed by atoms with Crippen molar-refractivity contribution in [3.63, 3.8) is 0 Å². The molecule has 0 aromatic heterocycles. The summed E-state index contributed by atoms with van der Waals surface area (Å²) in [5.41, 5.74) is -2.14. The fourth-order valence-electron chi connectivity index (χ4n) is 6.83. The van der Waals surface area contributed by atoms with Crippen molar-refractivity contribution in [3.05, 3.63) is 5.76 Å². The molecule has 54 heavy (non-hydrogen) atoms. The first-order chi connectivity index (χ1) is 26.3. The van der Waals surface area contributed by atoms with Crippen LogP contribution < -0.4 is 0 Å². The van der Waals surface area contributed by atoms with Crippen LogP contribution in [0.1, 0.15) is 213 Å². The van der Waals surface area contributed by atoms with Gasteiger partial charge >= 0.3 is 24.1 Å². The quantitative estimate of drug-likeness (QED) is 0.0156. The number of carbonyl (C=O) groups excluding carboxylic acids is 5. The molecule has 0 heterocycles. The summed E-state index contributed by atoms with van der Waals surface area (Å²) in [5, 5.41) is 0. The number of ether oxygens (including phenoxy) is 5. The molecule has 1 unspecified atom stereocenters. The summed E-state index contributed by atoms with van der Waals surface area (Å²) in [6.07, 6.45) is 25.0. The Morgan fingerprint density at radius 2 is 0.944 bits per heavy atom. The molecule has 312 valence electrons. The lowest BCUT2D eigenvalue weighted by Gasteiger charge is -2.30. The molecule has 0 radical (unpaired) electrons. The largest absolute Gasteiger partial charge is 0.514 e. The predicted molar refractivity (Wildman–Crippen MR) is 211 cm³/mol. The molecule has 10 nitrogen and oxygen atoms in total. The van der Waals surface area contributed by atoms with Crippen molar-refractivity contribution < 1.29 is 47.7 Å². The Hall–Kier alpha value is -2.87. The minimum Gasteiger partial charge on any atom is -0.464 e. The van der Waals surface area contributed by atoms with Gasteiger partial charge in [0.1, 0.15) is 6.10 Å². The predicted octanol–water partition coefficient (Wildman–Crippen LogP) is 11.6. The minimum absolute atomic E-state index is 0.0332. The average molecular weight is 765 g/mol. The van der Waals surface area contributed by atoms with E-state index >= 15 is 0 Å². The first kappa shape index (κ1) is 49.1. The number of carbonyl (C=O) groups is 4. The highest BCUT2D eigenvalue weighted by Gasteiger charge is 2.57. The van der Waals surface area contributed by atoms with Gasteiger partial charge in [-0.25, -0.2) is 9.59 Å². The maximum Gasteiger partial charge on any atom is 0.514 e. The lowest BCUT2D eigenvalue weighted by molar-refractivity contribution is -0.188. The lowest BCUT2D eigenvalue weighted by Crippen LogP contribution is -2.50. The molecule has 0 bridgehead atoms. The van der Waals surface area contributed by atoms with Crippen molar-refractivity contribution in [2.75, 3.05) is 19.8 Å². The Labute approximate surface area is 327 Å². The number of esters is 3. The van der Waals surface area contributed by atoms with Crippen LogP contribution in [-0.4, -0.2) is 55.9 Å². The zero-order valence-electron chi connectivity index (χ0n) is 34.5. The maximum absolute atomic E-state index is 14.0. The minimum atomic E-state index is -2.14. The summed E-state index contributed by atoms with van der Waals surface area (Å²) in [6, 6.07) is 0. The van der Waals surface area contributed by atoms with Gasteiger partial charge in [0.2, 0.25) is 0 Å². The lowest BCUT2D eigenvalue weighted by atomic mass is 9.81. The van der Waals surface area contributed by atoms with Crippen LogP contribution >= 0.6 is 0 Å². The van der Waals surface area contributed by atoms with Gasteiger partial charge in [0.25, 0.3) is 5.41 Å². The zero-order chi connectivity index (χ0) is 39.5. The number of unbranched alkanes of at least 4 members (excludes halogenated alkanes) is 19. The number of allylic oxidation sites excluding steroid dienone is 1. The Balaban J connectivity index is 2.71. The van der Waals surface area contributed by atoms with E-state index in [2.05, 4.69) is 20.8 Å². The number of hydrogen-bond donors (Lipinski definition) is 0. The first-order valence-corrected chi connectivity index (χ1v) is 22.0. The van der Waals surface area contributed by atoms with Crippen LogP contribution in [0.2, 0.25) is 0 Å². The topological polar surface area (TPSA) is 132 Å². The molecule has 0 saturated heterocycles. The summed E-state index contributed by atoms with van der Waals surface area (Å²) >= 11 is 0. The second kappa shape index (κ2) is 33.5. The van der Waals surface area contributed by atoms with Gasteiger partial charge in [-0.3, -0.25) is 14.4 Å². The van der Waals surface area contributed by atoms with Gasteiger partial charge in [-0.05, 0) is 57.8 Å². The average Bonchev–Trinajstić information content (AvgIpc) is 3.17. The molecule has 0 aliphatic heterocycles. The van der Waals surface area contributed by atoms with Crippen LogP contribution in [0, 0.1) is 5.41 Å². The van der Waals surface area contributed by atoms with E-state index in [4.69, 9.17) is 23.7 Å². The standard InChI is InChI=1S/C44H76O10/c1-4-7-10-13-17-21-29-36-52-43(49)54-39(37-45)32-23-18-15-16-19-26-33-44(40(46)50-34-27-12-9-6-3,42(48)53-38-30-24-22-25-31-38)41(47)51-35-28-20-14-11-8-5-2/h38H,4-36H2,1-3H3. The Morgan fingerprint density at radius 1 is 0.519 bits per heavy atom. The smallest absolute Gasteiger partial charge is 0.464 e. The Bertz CT molecular complexity index is 1050. The van der Waals surface area contributed by atoms with Crippen molar-refractivity contribution >= 4 is 30.0 Å². The van der Waals surface area contributed by atoms with E-state index in [1.165, 1.54) is 32.1 Å². The van der Waals surface area contributed by atoms with Crippen molar-refractivity contribution in [3.8, 4) is 0 Å². The molecule has 1 aliphatic carbocycles. The molecular formula is C44H76O10. The molecule has 0 aromatic carbocycles. The van der Waals surface area contributed by atoms with E-state index in [0.717, 1.165) is 103 Å². The SMILES string of the molecule is CCCCCCCCCOC(=O)OC(=C=O)CCCCCCCCC(C(=O)OCCCCCC)(C(=O)OCCCCCCCC)C(=O)OC1CCCCC1. The van der Waals surface area contributed by atoms with Gasteiger partial charge < -0.3 is 23.7 Å². The highest BCUT2D eigenvalue weighted by atomic mass is 16.7. The van der Waals surface area contributed by atoms with Crippen LogP contribution in [0.25, 0.3) is 0 Å². The van der Waals surface area contributed by atoms with Crippen molar-refractivity contribution in [1.29, 1.82) is 0 Å². The molecule has 0 N–H and O–H groups in total. The van der Waals surface area contributed by atoms with Crippen LogP contribution in [0.3, 0.4) is 0 Å². The summed E-state index contributed by atoms with van der Waals surface area (Å²) < 4.78 is 27.4. The number of hydrogen-bond acceptors (Lipinski definition) is 10. The summed E-state index contributed by atoms with van der Waals surface area (Å²) in [7, 11) is 0. The molecule has 0 spiro atoms. The van der Waals surface area contributed by atoms with Gasteiger partial charge in [0.15, 0.2) is 11.7 Å². The van der Waals surface area contributed by atoms with Gasteiger partial charge in [0, 0.05) is 6.42 Å². The van der Waals surface area contributed by atoms with Crippen molar-refractivity contribution in [1.82, 2.24) is 0 Å². The van der Waals surface area contributed by atoms with E-state index in [9.17, 15) is 24.0 Å². The zero-order valence-corrected chi connectivity index (χ0v) is 34.5. The summed E-state index contributed by atoms with van der Waals surface area (Å²) in [4.78, 5) is 65.0. The fraction of sp³-hybridized carbons (Fsp3) is 0.864. The van der Waals surface area contributed by atoms with E-state index in [1.807, 2.05) is 0 Å². The highest BCUT2D eigenvalue weighted by Crippen LogP contribution is 2.34. The van der Waals surface area contributed by atoms with Crippen LogP contribution in [-0.2, 0) is 42.9 Å². The Morgan fingerprint density at radius 3 is 1.44 bits per heavy atom. The third-order valence-electron chi connectivity index (χ3n) is 10.3. The van der Waals surface area contributed by atoms with E-state index in [0.29, 0.717) is 44.9 Å². The second-order valence-electron chi connectivity index (χ2n) is 15.1. The van der Waals surface area contributed by atoms with Gasteiger partial charge in [-0.1, -0.05) is 149 Å². The van der Waals surface area contributed by atoms with Gasteiger partial charge in [0.05, 0.1) is 19.8 Å². The van der Waals surface area contributed by atoms with Gasteiger partial charge in [-0.15, -0.1) is 0 Å². The van der Waals surface area contributed by atoms with Crippen LogP contribution in [0.5, 0.6) is 0 Å². The monoisotopic (exact) mass is 765 g/mol. The normalized spacial score (nSPS) is 14.1. The van der Waals surface area contributed by atoms with E-state index in [1.54, 1.807) is 5.94 Å². The summed E-state index contributed by atoms with van der Waals surface area (Å²) in [6.45, 7) is 7.00. The second-order valence-corrected chi connectivity index (χ2v) is 15.1. The number of rotatable bonds is 34. The first-order valence-electron chi connectivity index (χ1n) is 22.0. The molecular weight excluding hydrogens is 688 g/mol. The third-order valence-corrected chi connectivity index (χ3v) is 10.3. The van der Waals surface area contributed by atoms with Gasteiger partial charge in [-0.2, -0.15) is 0 Å². The van der Waals surface area contributed by atoms with Crippen molar-refractivity contribution in [2.45, 2.75) is 219 Å². The van der Waals surface area contributed by atoms with E-state index in [-0.39, 0.29) is 44.5 Å². The molecule has 10 heteroatoms. The van der Waals surface area contributed by atoms with E-state index < -0.39 is 29.5 Å². The fourth-order valence-corrected chi connectivity index (χ4v) is 6.83. The van der Waals surface area contributed by atoms with Crippen molar-refractivity contribution in [2.24, 2.45) is 5.41 Å². The van der Waals surface area contributed by atoms with Crippen LogP contribution in [0.15, 0.2) is 5.76 Å². The Kier molecular flexibility index (Phi) is 30.5.